The maximum Gasteiger partial charge on any atom is 0.00585 e. The predicted octanol–water partition coefficient (Wildman–Crippen LogP) is 3.17. The molecule has 0 saturated carbocycles. The molecule has 0 nitrogen and oxygen atoms in total. The van der Waals surface area contributed by atoms with Crippen molar-refractivity contribution in [2.45, 2.75) is 37.5 Å². The number of hydrogen-bond acceptors (Lipinski definition) is 0. The first-order valence-electron chi connectivity index (χ1n) is 4.74. The second kappa shape index (κ2) is 2.98. The molecule has 1 heteroatoms. The number of thiol groups is 1. The Balaban J connectivity index is 2.59. The van der Waals surface area contributed by atoms with Crippen LogP contribution in [0, 0.1) is 0 Å². The normalized spacial score (nSPS) is 15.3. The summed E-state index contributed by atoms with van der Waals surface area (Å²) in [5.41, 5.74) is 3.32. The Labute approximate surface area is 83.9 Å². The molecule has 0 fully saturated rings. The lowest BCUT2D eigenvalue weighted by Crippen LogP contribution is -2.12. The van der Waals surface area contributed by atoms with Crippen LogP contribution in [-0.2, 0) is 11.8 Å². The topological polar surface area (TPSA) is 0 Å². The van der Waals surface area contributed by atoms with E-state index in [-0.39, 0.29) is 5.41 Å². The molecule has 1 aromatic carbocycles. The molecule has 1 aliphatic heterocycles. The van der Waals surface area contributed by atoms with Gasteiger partial charge in [0.2, 0.25) is 0 Å². The van der Waals surface area contributed by atoms with E-state index in [1.807, 2.05) is 0 Å². The SMILES string of the molecule is CC(C)(C)c1cccc2c1[SH]=CC2. The van der Waals surface area contributed by atoms with E-state index in [0.29, 0.717) is 0 Å². The molecule has 70 valence electrons. The van der Waals surface area contributed by atoms with Crippen molar-refractivity contribution in [1.29, 1.82) is 0 Å². The lowest BCUT2D eigenvalue weighted by Gasteiger charge is -2.21. The van der Waals surface area contributed by atoms with Crippen LogP contribution >= 0.6 is 11.4 Å². The third kappa shape index (κ3) is 1.58. The molecule has 0 radical (unpaired) electrons. The quantitative estimate of drug-likeness (QED) is 0.474. The molecule has 0 unspecified atom stereocenters. The fourth-order valence-corrected chi connectivity index (χ4v) is 3.10. The van der Waals surface area contributed by atoms with Crippen LogP contribution in [0.2, 0.25) is 0 Å². The van der Waals surface area contributed by atoms with Crippen molar-refractivity contribution in [1.82, 2.24) is 0 Å². The van der Waals surface area contributed by atoms with Crippen LogP contribution < -0.4 is 0 Å². The molecular formula is C12H16S. The molecule has 1 aliphatic rings. The van der Waals surface area contributed by atoms with Gasteiger partial charge in [-0.25, -0.2) is 0 Å². The van der Waals surface area contributed by atoms with Crippen molar-refractivity contribution in [3.05, 3.63) is 29.3 Å². The Kier molecular flexibility index (Phi) is 2.07. The first kappa shape index (κ1) is 9.01. The highest BCUT2D eigenvalue weighted by atomic mass is 32.1. The lowest BCUT2D eigenvalue weighted by molar-refractivity contribution is 0.577. The zero-order chi connectivity index (χ0) is 9.47. The van der Waals surface area contributed by atoms with E-state index in [9.17, 15) is 0 Å². The Morgan fingerprint density at radius 3 is 2.69 bits per heavy atom. The summed E-state index contributed by atoms with van der Waals surface area (Å²) in [6, 6.07) is 6.71. The number of rotatable bonds is 0. The summed E-state index contributed by atoms with van der Waals surface area (Å²) in [5, 5.41) is 2.35. The van der Waals surface area contributed by atoms with E-state index in [0.717, 1.165) is 6.42 Å². The van der Waals surface area contributed by atoms with Crippen LogP contribution in [0.4, 0.5) is 0 Å². The summed E-state index contributed by atoms with van der Waals surface area (Å²) in [6.45, 7) is 6.86. The minimum atomic E-state index is 0.288. The number of fused-ring (bicyclic) bond motifs is 1. The summed E-state index contributed by atoms with van der Waals surface area (Å²) < 4.78 is 0. The maximum atomic E-state index is 2.35. The third-order valence-corrected chi connectivity index (χ3v) is 3.61. The Hall–Kier alpha value is -0.560. The fraction of sp³-hybridized carbons (Fsp3) is 0.417. The average Bonchev–Trinajstić information content (AvgIpc) is 2.48. The average molecular weight is 192 g/mol. The second-order valence-corrected chi connectivity index (χ2v) is 5.65. The molecule has 13 heavy (non-hydrogen) atoms. The van der Waals surface area contributed by atoms with Gasteiger partial charge in [-0.15, -0.1) is 0 Å². The van der Waals surface area contributed by atoms with Crippen LogP contribution in [0.1, 0.15) is 31.9 Å². The minimum Gasteiger partial charge on any atom is -0.172 e. The Morgan fingerprint density at radius 1 is 1.23 bits per heavy atom. The molecule has 0 amide bonds. The van der Waals surface area contributed by atoms with Gasteiger partial charge in [0.15, 0.2) is 0 Å². The van der Waals surface area contributed by atoms with E-state index >= 15 is 0 Å². The zero-order valence-electron chi connectivity index (χ0n) is 8.46. The fourth-order valence-electron chi connectivity index (χ4n) is 1.75. The van der Waals surface area contributed by atoms with Gasteiger partial charge < -0.3 is 0 Å². The van der Waals surface area contributed by atoms with Gasteiger partial charge in [-0.05, 0) is 23.0 Å². The van der Waals surface area contributed by atoms with E-state index in [2.05, 4.69) is 44.3 Å². The van der Waals surface area contributed by atoms with Crippen molar-refractivity contribution in [3.63, 3.8) is 0 Å². The Bertz CT molecular complexity index is 356. The summed E-state index contributed by atoms with van der Waals surface area (Å²) in [6.07, 6.45) is 1.15. The molecule has 0 aromatic heterocycles. The minimum absolute atomic E-state index is 0.288. The lowest BCUT2D eigenvalue weighted by atomic mass is 9.86. The summed E-state index contributed by atoms with van der Waals surface area (Å²) in [7, 11) is 0. The zero-order valence-corrected chi connectivity index (χ0v) is 9.36. The highest BCUT2D eigenvalue weighted by Gasteiger charge is 2.19. The van der Waals surface area contributed by atoms with Gasteiger partial charge in [0.1, 0.15) is 0 Å². The second-order valence-electron chi connectivity index (χ2n) is 4.58. The highest BCUT2D eigenvalue weighted by molar-refractivity contribution is 7.98. The van der Waals surface area contributed by atoms with Crippen molar-refractivity contribution in [2.24, 2.45) is 0 Å². The van der Waals surface area contributed by atoms with E-state index in [1.165, 1.54) is 22.5 Å². The van der Waals surface area contributed by atoms with Crippen molar-refractivity contribution < 1.29 is 0 Å². The van der Waals surface area contributed by atoms with Gasteiger partial charge in [-0.1, -0.05) is 44.3 Å². The molecule has 0 bridgehead atoms. The molecule has 1 heterocycles. The summed E-state index contributed by atoms with van der Waals surface area (Å²) in [5.74, 6) is 0. The molecule has 0 saturated heterocycles. The van der Waals surface area contributed by atoms with Crippen LogP contribution in [0.15, 0.2) is 23.1 Å². The highest BCUT2D eigenvalue weighted by Crippen LogP contribution is 2.34. The summed E-state index contributed by atoms with van der Waals surface area (Å²) in [4.78, 5) is 1.55. The smallest absolute Gasteiger partial charge is 0.00585 e. The molecule has 2 rings (SSSR count). The van der Waals surface area contributed by atoms with E-state index in [4.69, 9.17) is 0 Å². The van der Waals surface area contributed by atoms with Crippen molar-refractivity contribution in [2.75, 3.05) is 0 Å². The standard InChI is InChI=1S/C12H16S/c1-12(2,3)10-6-4-5-9-7-8-13-11(9)10/h4-6,8,13H,7H2,1-3H3. The van der Waals surface area contributed by atoms with E-state index < -0.39 is 0 Å². The van der Waals surface area contributed by atoms with Crippen LogP contribution in [0.3, 0.4) is 0 Å². The van der Waals surface area contributed by atoms with Gasteiger partial charge >= 0.3 is 0 Å². The van der Waals surface area contributed by atoms with Gasteiger partial charge in [0, 0.05) is 4.90 Å². The Morgan fingerprint density at radius 2 is 2.00 bits per heavy atom. The third-order valence-electron chi connectivity index (χ3n) is 2.46. The first-order chi connectivity index (χ1) is 6.09. The number of hydrogen-bond donors (Lipinski definition) is 1. The first-order valence-corrected chi connectivity index (χ1v) is 5.70. The van der Waals surface area contributed by atoms with Crippen LogP contribution in [0.25, 0.3) is 0 Å². The van der Waals surface area contributed by atoms with E-state index in [1.54, 1.807) is 4.90 Å². The van der Waals surface area contributed by atoms with Crippen LogP contribution in [0.5, 0.6) is 0 Å². The predicted molar refractivity (Wildman–Crippen MR) is 62.2 cm³/mol. The largest absolute Gasteiger partial charge is 0.172 e. The molecule has 0 atom stereocenters. The van der Waals surface area contributed by atoms with Gasteiger partial charge in [-0.2, -0.15) is 11.4 Å². The molecule has 0 aliphatic carbocycles. The van der Waals surface area contributed by atoms with Crippen molar-refractivity contribution in [3.8, 4) is 0 Å². The number of benzene rings is 1. The maximum absolute atomic E-state index is 2.35. The monoisotopic (exact) mass is 192 g/mol. The van der Waals surface area contributed by atoms with Crippen molar-refractivity contribution >= 4 is 16.7 Å². The van der Waals surface area contributed by atoms with Gasteiger partial charge in [0.25, 0.3) is 0 Å². The molecular weight excluding hydrogens is 176 g/mol. The van der Waals surface area contributed by atoms with Gasteiger partial charge in [-0.3, -0.25) is 0 Å². The molecule has 0 spiro atoms. The molecule has 0 N–H and O–H groups in total. The van der Waals surface area contributed by atoms with Crippen LogP contribution in [-0.4, -0.2) is 5.37 Å². The molecule has 1 aromatic rings. The summed E-state index contributed by atoms with van der Waals surface area (Å²) >= 11 is 1.41. The van der Waals surface area contributed by atoms with Gasteiger partial charge in [0.05, 0.1) is 0 Å².